The van der Waals surface area contributed by atoms with E-state index in [1.807, 2.05) is 5.48 Å². The van der Waals surface area contributed by atoms with E-state index < -0.39 is 12.3 Å². The fraction of sp³-hybridized carbons (Fsp3) is 0.857. The molecule has 0 aromatic rings. The summed E-state index contributed by atoms with van der Waals surface area (Å²) >= 11 is 0. The molecule has 3 unspecified atom stereocenters. The first-order valence-corrected chi connectivity index (χ1v) is 3.79. The molecule has 0 saturated carbocycles. The van der Waals surface area contributed by atoms with Crippen molar-refractivity contribution in [2.75, 3.05) is 7.11 Å². The molecule has 5 heteroatoms. The lowest BCUT2D eigenvalue weighted by Crippen LogP contribution is -2.51. The van der Waals surface area contributed by atoms with Crippen LogP contribution in [0.25, 0.3) is 0 Å². The Morgan fingerprint density at radius 1 is 1.75 bits per heavy atom. The van der Waals surface area contributed by atoms with Crippen molar-refractivity contribution in [2.45, 2.75) is 31.8 Å². The predicted molar refractivity (Wildman–Crippen MR) is 39.7 cm³/mol. The van der Waals surface area contributed by atoms with Gasteiger partial charge in [0.1, 0.15) is 6.04 Å². The molecular formula is C7H13NO4. The highest BCUT2D eigenvalue weighted by molar-refractivity contribution is 5.85. The highest BCUT2D eigenvalue weighted by atomic mass is 16.7. The molecule has 70 valence electrons. The summed E-state index contributed by atoms with van der Waals surface area (Å²) in [6, 6.07) is -0.628. The van der Waals surface area contributed by atoms with E-state index in [0.717, 1.165) is 0 Å². The number of methoxy groups -OCH3 is 1. The average Bonchev–Trinajstić information content (AvgIpc) is 2.03. The fourth-order valence-electron chi connectivity index (χ4n) is 1.23. The van der Waals surface area contributed by atoms with Gasteiger partial charge < -0.3 is 14.7 Å². The molecule has 1 heterocycles. The quantitative estimate of drug-likeness (QED) is 0.563. The molecule has 1 aliphatic rings. The minimum atomic E-state index is -0.628. The number of hydroxylamine groups is 1. The standard InChI is InChI=1S/C7H13NO4/c1-4-7(8-10)5(9)3-6(11-2)12-4/h4,6-8,10H,3H2,1-2H3. The summed E-state index contributed by atoms with van der Waals surface area (Å²) in [5.74, 6) is -0.0944. The van der Waals surface area contributed by atoms with Crippen LogP contribution in [0, 0.1) is 0 Å². The maximum absolute atomic E-state index is 11.2. The first-order chi connectivity index (χ1) is 5.69. The summed E-state index contributed by atoms with van der Waals surface area (Å²) in [5, 5.41) is 8.60. The van der Waals surface area contributed by atoms with Crippen LogP contribution in [0.1, 0.15) is 13.3 Å². The van der Waals surface area contributed by atoms with Crippen molar-refractivity contribution >= 4 is 5.78 Å². The zero-order chi connectivity index (χ0) is 9.14. The largest absolute Gasteiger partial charge is 0.355 e. The van der Waals surface area contributed by atoms with Crippen LogP contribution in [0.15, 0.2) is 0 Å². The van der Waals surface area contributed by atoms with Gasteiger partial charge in [-0.2, -0.15) is 5.48 Å². The number of hydrogen-bond donors (Lipinski definition) is 2. The van der Waals surface area contributed by atoms with Crippen molar-refractivity contribution in [3.8, 4) is 0 Å². The van der Waals surface area contributed by atoms with Crippen molar-refractivity contribution in [1.29, 1.82) is 0 Å². The van der Waals surface area contributed by atoms with Crippen LogP contribution >= 0.6 is 0 Å². The Bertz CT molecular complexity index is 173. The maximum Gasteiger partial charge on any atom is 0.164 e. The Kier molecular flexibility index (Phi) is 3.16. The summed E-state index contributed by atoms with van der Waals surface area (Å²) in [4.78, 5) is 11.2. The number of hydrogen-bond acceptors (Lipinski definition) is 5. The van der Waals surface area contributed by atoms with Crippen LogP contribution < -0.4 is 5.48 Å². The topological polar surface area (TPSA) is 67.8 Å². The predicted octanol–water partition coefficient (Wildman–Crippen LogP) is -0.316. The molecule has 0 aromatic heterocycles. The van der Waals surface area contributed by atoms with E-state index in [9.17, 15) is 4.79 Å². The van der Waals surface area contributed by atoms with Crippen LogP contribution in [0.5, 0.6) is 0 Å². The number of carbonyl (C=O) groups is 1. The van der Waals surface area contributed by atoms with Gasteiger partial charge in [-0.15, -0.1) is 0 Å². The van der Waals surface area contributed by atoms with E-state index in [-0.39, 0.29) is 18.3 Å². The summed E-state index contributed by atoms with van der Waals surface area (Å²) in [6.07, 6.45) is -0.655. The minimum Gasteiger partial charge on any atom is -0.355 e. The number of ether oxygens (including phenoxy) is 2. The van der Waals surface area contributed by atoms with Crippen molar-refractivity contribution in [1.82, 2.24) is 5.48 Å². The van der Waals surface area contributed by atoms with Gasteiger partial charge in [0, 0.05) is 7.11 Å². The molecular weight excluding hydrogens is 162 g/mol. The van der Waals surface area contributed by atoms with E-state index in [2.05, 4.69) is 0 Å². The first-order valence-electron chi connectivity index (χ1n) is 3.79. The van der Waals surface area contributed by atoms with Gasteiger partial charge >= 0.3 is 0 Å². The zero-order valence-corrected chi connectivity index (χ0v) is 7.11. The third kappa shape index (κ3) is 1.81. The average molecular weight is 175 g/mol. The molecule has 0 aliphatic carbocycles. The Morgan fingerprint density at radius 3 is 2.83 bits per heavy atom. The van der Waals surface area contributed by atoms with Crippen LogP contribution in [0.2, 0.25) is 0 Å². The Hall–Kier alpha value is -0.490. The second kappa shape index (κ2) is 3.95. The summed E-state index contributed by atoms with van der Waals surface area (Å²) in [7, 11) is 1.48. The van der Waals surface area contributed by atoms with Crippen molar-refractivity contribution in [2.24, 2.45) is 0 Å². The van der Waals surface area contributed by atoms with Crippen molar-refractivity contribution in [3.05, 3.63) is 0 Å². The van der Waals surface area contributed by atoms with Gasteiger partial charge in [0.15, 0.2) is 12.1 Å². The number of nitrogens with one attached hydrogen (secondary N) is 1. The normalized spacial score (nSPS) is 36.9. The molecule has 3 atom stereocenters. The molecule has 0 amide bonds. The summed E-state index contributed by atoms with van der Waals surface area (Å²) < 4.78 is 10.1. The Morgan fingerprint density at radius 2 is 2.42 bits per heavy atom. The SMILES string of the molecule is COC1CC(=O)C(NO)C(C)O1. The van der Waals surface area contributed by atoms with E-state index in [1.54, 1.807) is 6.92 Å². The number of Topliss-reactive ketones (excluding diaryl/α,β-unsaturated/α-hetero) is 1. The van der Waals surface area contributed by atoms with Crippen LogP contribution in [-0.2, 0) is 14.3 Å². The van der Waals surface area contributed by atoms with Crippen LogP contribution in [-0.4, -0.2) is 36.5 Å². The monoisotopic (exact) mass is 175 g/mol. The Labute approximate surface area is 70.6 Å². The molecule has 0 radical (unpaired) electrons. The van der Waals surface area contributed by atoms with Crippen molar-refractivity contribution < 1.29 is 19.5 Å². The van der Waals surface area contributed by atoms with Gasteiger partial charge in [0.05, 0.1) is 12.5 Å². The minimum absolute atomic E-state index is 0.0944. The van der Waals surface area contributed by atoms with Gasteiger partial charge in [-0.25, -0.2) is 0 Å². The molecule has 0 aromatic carbocycles. The molecule has 1 fully saturated rings. The summed E-state index contributed by atoms with van der Waals surface area (Å²) in [6.45, 7) is 1.71. The van der Waals surface area contributed by atoms with Crippen LogP contribution in [0.4, 0.5) is 0 Å². The molecule has 12 heavy (non-hydrogen) atoms. The second-order valence-electron chi connectivity index (χ2n) is 2.78. The fourth-order valence-corrected chi connectivity index (χ4v) is 1.23. The lowest BCUT2D eigenvalue weighted by atomic mass is 10.0. The molecule has 1 aliphatic heterocycles. The maximum atomic E-state index is 11.2. The lowest BCUT2D eigenvalue weighted by molar-refractivity contribution is -0.193. The number of ketones is 1. The second-order valence-corrected chi connectivity index (χ2v) is 2.78. The molecule has 1 saturated heterocycles. The third-order valence-corrected chi connectivity index (χ3v) is 1.95. The highest BCUT2D eigenvalue weighted by Gasteiger charge is 2.34. The van der Waals surface area contributed by atoms with Gasteiger partial charge in [-0.05, 0) is 6.92 Å². The first kappa shape index (κ1) is 9.60. The molecule has 0 spiro atoms. The number of rotatable bonds is 2. The van der Waals surface area contributed by atoms with E-state index >= 15 is 0 Å². The third-order valence-electron chi connectivity index (χ3n) is 1.95. The smallest absolute Gasteiger partial charge is 0.164 e. The Balaban J connectivity index is 2.57. The van der Waals surface area contributed by atoms with Gasteiger partial charge in [0.2, 0.25) is 0 Å². The van der Waals surface area contributed by atoms with Gasteiger partial charge in [-0.3, -0.25) is 4.79 Å². The molecule has 5 nitrogen and oxygen atoms in total. The molecule has 2 N–H and O–H groups in total. The van der Waals surface area contributed by atoms with E-state index in [4.69, 9.17) is 14.7 Å². The zero-order valence-electron chi connectivity index (χ0n) is 7.11. The number of carbonyl (C=O) groups excluding carboxylic acids is 1. The van der Waals surface area contributed by atoms with E-state index in [1.165, 1.54) is 7.11 Å². The summed E-state index contributed by atoms with van der Waals surface area (Å²) in [5.41, 5.74) is 1.92. The van der Waals surface area contributed by atoms with Crippen LogP contribution in [0.3, 0.4) is 0 Å². The van der Waals surface area contributed by atoms with E-state index in [0.29, 0.717) is 0 Å². The van der Waals surface area contributed by atoms with Gasteiger partial charge in [0.25, 0.3) is 0 Å². The van der Waals surface area contributed by atoms with Crippen molar-refractivity contribution in [3.63, 3.8) is 0 Å². The molecule has 0 bridgehead atoms. The molecule has 1 rings (SSSR count). The van der Waals surface area contributed by atoms with Gasteiger partial charge in [-0.1, -0.05) is 0 Å². The highest BCUT2D eigenvalue weighted by Crippen LogP contribution is 2.16. The lowest BCUT2D eigenvalue weighted by Gasteiger charge is -2.31.